The molecule has 0 aliphatic heterocycles. The van der Waals surface area contributed by atoms with Gasteiger partial charge in [-0.15, -0.1) is 0 Å². The summed E-state index contributed by atoms with van der Waals surface area (Å²) in [6, 6.07) is 9.27. The van der Waals surface area contributed by atoms with Gasteiger partial charge in [-0.2, -0.15) is 10.4 Å². The van der Waals surface area contributed by atoms with Crippen LogP contribution in [0, 0.1) is 25.2 Å². The van der Waals surface area contributed by atoms with Gasteiger partial charge in [0, 0.05) is 18.5 Å². The van der Waals surface area contributed by atoms with E-state index in [2.05, 4.69) is 10.4 Å². The summed E-state index contributed by atoms with van der Waals surface area (Å²) in [5.74, 6) is -0.0794. The van der Waals surface area contributed by atoms with E-state index in [4.69, 9.17) is 5.26 Å². The Morgan fingerprint density at radius 3 is 2.80 bits per heavy atom. The monoisotopic (exact) mass is 335 g/mol. The lowest BCUT2D eigenvalue weighted by atomic mass is 10.1. The van der Waals surface area contributed by atoms with Crippen molar-refractivity contribution in [2.75, 3.05) is 5.32 Å². The molecule has 25 heavy (non-hydrogen) atoms. The molecule has 3 rings (SSSR count). The lowest BCUT2D eigenvalue weighted by Gasteiger charge is -2.14. The first kappa shape index (κ1) is 16.5. The van der Waals surface area contributed by atoms with E-state index in [1.54, 1.807) is 7.05 Å². The summed E-state index contributed by atoms with van der Waals surface area (Å²) >= 11 is 0. The number of anilines is 1. The predicted octanol–water partition coefficient (Wildman–Crippen LogP) is 1.86. The van der Waals surface area contributed by atoms with Gasteiger partial charge in [-0.05, 0) is 25.0 Å². The number of nitrogens with one attached hydrogen (secondary N) is 1. The van der Waals surface area contributed by atoms with E-state index >= 15 is 0 Å². The molecule has 7 nitrogen and oxygen atoms in total. The number of hydrogen-bond donors (Lipinski definition) is 1. The van der Waals surface area contributed by atoms with Crippen LogP contribution >= 0.6 is 0 Å². The number of carbonyl (C=O) groups is 1. The van der Waals surface area contributed by atoms with E-state index in [9.17, 15) is 9.59 Å². The number of nitriles is 1. The molecule has 2 aromatic heterocycles. The molecule has 0 spiro atoms. The largest absolute Gasteiger partial charge is 0.308 e. The van der Waals surface area contributed by atoms with Crippen LogP contribution in [0.1, 0.15) is 16.7 Å². The van der Waals surface area contributed by atoms with Crippen molar-refractivity contribution in [3.8, 4) is 6.07 Å². The van der Waals surface area contributed by atoms with Crippen molar-refractivity contribution in [1.82, 2.24) is 14.3 Å². The third-order valence-electron chi connectivity index (χ3n) is 4.16. The molecular weight excluding hydrogens is 318 g/mol. The molecule has 0 saturated carbocycles. The highest BCUT2D eigenvalue weighted by molar-refractivity contribution is 5.93. The van der Waals surface area contributed by atoms with Gasteiger partial charge in [0.15, 0.2) is 0 Å². The fraction of sp³-hybridized carbons (Fsp3) is 0.222. The number of fused-ring (bicyclic) bond motifs is 1. The molecule has 1 N–H and O–H groups in total. The van der Waals surface area contributed by atoms with Gasteiger partial charge in [-0.1, -0.05) is 18.2 Å². The second-order valence-corrected chi connectivity index (χ2v) is 5.91. The molecule has 1 amide bonds. The molecule has 0 fully saturated rings. The lowest BCUT2D eigenvalue weighted by molar-refractivity contribution is -0.116. The van der Waals surface area contributed by atoms with Crippen LogP contribution in [0.25, 0.3) is 10.9 Å². The van der Waals surface area contributed by atoms with Crippen LogP contribution in [-0.4, -0.2) is 20.3 Å². The van der Waals surface area contributed by atoms with Crippen molar-refractivity contribution in [3.63, 3.8) is 0 Å². The summed E-state index contributed by atoms with van der Waals surface area (Å²) in [5, 5.41) is 16.6. The first-order valence-corrected chi connectivity index (χ1v) is 7.74. The number of hydrogen-bond acceptors (Lipinski definition) is 4. The smallest absolute Gasteiger partial charge is 0.251 e. The summed E-state index contributed by atoms with van der Waals surface area (Å²) in [7, 11) is 1.63. The van der Waals surface area contributed by atoms with E-state index in [1.165, 1.54) is 21.5 Å². The molecule has 0 saturated heterocycles. The van der Waals surface area contributed by atoms with Crippen LogP contribution in [0.2, 0.25) is 0 Å². The van der Waals surface area contributed by atoms with Crippen molar-refractivity contribution >= 4 is 22.6 Å². The van der Waals surface area contributed by atoms with Crippen molar-refractivity contribution in [1.29, 1.82) is 5.26 Å². The molecule has 0 aliphatic rings. The Kier molecular flexibility index (Phi) is 4.11. The van der Waals surface area contributed by atoms with E-state index in [-0.39, 0.29) is 17.7 Å². The maximum atomic E-state index is 12.5. The zero-order valence-corrected chi connectivity index (χ0v) is 14.2. The molecule has 2 heterocycles. The first-order valence-electron chi connectivity index (χ1n) is 7.74. The number of aryl methyl sites for hydroxylation is 3. The van der Waals surface area contributed by atoms with Crippen LogP contribution in [-0.2, 0) is 18.4 Å². The molecule has 3 aromatic rings. The third kappa shape index (κ3) is 2.90. The van der Waals surface area contributed by atoms with Gasteiger partial charge in [0.2, 0.25) is 5.91 Å². The van der Waals surface area contributed by atoms with Crippen LogP contribution in [0.5, 0.6) is 0 Å². The molecule has 0 bridgehead atoms. The number of amides is 1. The zero-order chi connectivity index (χ0) is 18.1. The van der Waals surface area contributed by atoms with Gasteiger partial charge in [0.25, 0.3) is 5.56 Å². The van der Waals surface area contributed by atoms with E-state index in [0.29, 0.717) is 5.82 Å². The van der Waals surface area contributed by atoms with Crippen molar-refractivity contribution in [2.45, 2.75) is 20.4 Å². The quantitative estimate of drug-likeness (QED) is 0.790. The number of rotatable bonds is 3. The highest BCUT2D eigenvalue weighted by Crippen LogP contribution is 2.20. The molecular formula is C18H17N5O2. The second-order valence-electron chi connectivity index (χ2n) is 5.91. The molecule has 1 aromatic carbocycles. The third-order valence-corrected chi connectivity index (χ3v) is 4.16. The van der Waals surface area contributed by atoms with Gasteiger partial charge in [0.05, 0.1) is 11.7 Å². The number of benzene rings is 1. The molecule has 0 atom stereocenters. The Morgan fingerprint density at radius 1 is 1.32 bits per heavy atom. The van der Waals surface area contributed by atoms with E-state index < -0.39 is 5.91 Å². The minimum absolute atomic E-state index is 0.142. The van der Waals surface area contributed by atoms with Gasteiger partial charge < -0.3 is 5.32 Å². The SMILES string of the molecule is Cc1cc(=O)n(CC(=O)Nc2c(C#N)cnn2C)c2c(C)cccc12. The van der Waals surface area contributed by atoms with Crippen molar-refractivity contribution in [3.05, 3.63) is 57.5 Å². The Balaban J connectivity index is 2.01. The van der Waals surface area contributed by atoms with E-state index in [1.807, 2.05) is 38.1 Å². The summed E-state index contributed by atoms with van der Waals surface area (Å²) in [4.78, 5) is 24.9. The minimum Gasteiger partial charge on any atom is -0.308 e. The first-order chi connectivity index (χ1) is 11.9. The topological polar surface area (TPSA) is 92.7 Å². The summed E-state index contributed by atoms with van der Waals surface area (Å²) in [5.41, 5.74) is 2.57. The van der Waals surface area contributed by atoms with Crippen LogP contribution in [0.15, 0.2) is 35.3 Å². The fourth-order valence-electron chi connectivity index (χ4n) is 2.93. The number of para-hydroxylation sites is 1. The van der Waals surface area contributed by atoms with Gasteiger partial charge in [-0.3, -0.25) is 18.8 Å². The fourth-order valence-corrected chi connectivity index (χ4v) is 2.93. The second kappa shape index (κ2) is 6.24. The lowest BCUT2D eigenvalue weighted by Crippen LogP contribution is -2.29. The normalized spacial score (nSPS) is 10.6. The van der Waals surface area contributed by atoms with Crippen LogP contribution in [0.4, 0.5) is 5.82 Å². The van der Waals surface area contributed by atoms with Crippen LogP contribution in [0.3, 0.4) is 0 Å². The van der Waals surface area contributed by atoms with Gasteiger partial charge >= 0.3 is 0 Å². The summed E-state index contributed by atoms with van der Waals surface area (Å²) in [6.07, 6.45) is 1.38. The Bertz CT molecular complexity index is 1090. The van der Waals surface area contributed by atoms with Crippen molar-refractivity contribution < 1.29 is 4.79 Å². The predicted molar refractivity (Wildman–Crippen MR) is 94.2 cm³/mol. The van der Waals surface area contributed by atoms with E-state index in [0.717, 1.165) is 22.0 Å². The van der Waals surface area contributed by atoms with Gasteiger partial charge in [-0.25, -0.2) is 0 Å². The molecule has 0 unspecified atom stereocenters. The number of aromatic nitrogens is 3. The molecule has 0 radical (unpaired) electrons. The number of carbonyl (C=O) groups excluding carboxylic acids is 1. The van der Waals surface area contributed by atoms with Gasteiger partial charge in [0.1, 0.15) is 24.0 Å². The summed E-state index contributed by atoms with van der Waals surface area (Å²) in [6.45, 7) is 3.64. The van der Waals surface area contributed by atoms with Crippen LogP contribution < -0.4 is 10.9 Å². The highest BCUT2D eigenvalue weighted by atomic mass is 16.2. The Labute approximate surface area is 144 Å². The molecule has 126 valence electrons. The maximum absolute atomic E-state index is 12.5. The maximum Gasteiger partial charge on any atom is 0.251 e. The number of pyridine rings is 1. The Morgan fingerprint density at radius 2 is 2.08 bits per heavy atom. The molecule has 0 aliphatic carbocycles. The standard InChI is InChI=1S/C18H17N5O2/c1-11-5-4-6-14-12(2)7-16(25)23(17(11)14)10-15(24)21-18-13(8-19)9-20-22(18)3/h4-7,9H,10H2,1-3H3,(H,21,24). The average Bonchev–Trinajstić information content (AvgIpc) is 2.91. The van der Waals surface area contributed by atoms with Crippen molar-refractivity contribution in [2.24, 2.45) is 7.05 Å². The average molecular weight is 335 g/mol. The Hall–Kier alpha value is -3.40. The zero-order valence-electron chi connectivity index (χ0n) is 14.2. The summed E-state index contributed by atoms with van der Waals surface area (Å²) < 4.78 is 2.87. The molecule has 7 heteroatoms. The minimum atomic E-state index is -0.393. The highest BCUT2D eigenvalue weighted by Gasteiger charge is 2.15. The number of nitrogens with zero attached hydrogens (tertiary/aromatic N) is 4.